The first-order valence-corrected chi connectivity index (χ1v) is 9.77. The van der Waals surface area contributed by atoms with Crippen LogP contribution in [0.1, 0.15) is 35.3 Å². The summed E-state index contributed by atoms with van der Waals surface area (Å²) in [7, 11) is 1.58. The molecule has 0 fully saturated rings. The first-order valence-electron chi connectivity index (χ1n) is 9.77. The quantitative estimate of drug-likeness (QED) is 0.778. The Bertz CT molecular complexity index is 1080. The Morgan fingerprint density at radius 1 is 1.20 bits per heavy atom. The van der Waals surface area contributed by atoms with E-state index in [0.29, 0.717) is 46.3 Å². The molecule has 0 aromatic heterocycles. The highest BCUT2D eigenvalue weighted by Gasteiger charge is 2.56. The van der Waals surface area contributed by atoms with Gasteiger partial charge < -0.3 is 28.8 Å². The lowest BCUT2D eigenvalue weighted by Crippen LogP contribution is -2.57. The molecular formula is C23H22O7. The van der Waals surface area contributed by atoms with Crippen molar-refractivity contribution in [2.45, 2.75) is 32.0 Å². The van der Waals surface area contributed by atoms with Crippen molar-refractivity contribution in [3.05, 3.63) is 52.6 Å². The Hall–Kier alpha value is -3.19. The lowest BCUT2D eigenvalue weighted by molar-refractivity contribution is -0.0802. The van der Waals surface area contributed by atoms with Gasteiger partial charge in [0.15, 0.2) is 23.2 Å². The zero-order valence-corrected chi connectivity index (χ0v) is 17.0. The van der Waals surface area contributed by atoms with Gasteiger partial charge in [0.2, 0.25) is 12.6 Å². The molecule has 0 amide bonds. The van der Waals surface area contributed by atoms with E-state index in [4.69, 9.17) is 23.7 Å². The fraction of sp³-hybridized carbons (Fsp3) is 0.348. The molecule has 5 rings (SSSR count). The largest absolute Gasteiger partial charge is 0.496 e. The van der Waals surface area contributed by atoms with E-state index >= 15 is 0 Å². The van der Waals surface area contributed by atoms with Crippen LogP contribution < -0.4 is 23.7 Å². The van der Waals surface area contributed by atoms with Crippen LogP contribution in [-0.2, 0) is 12.0 Å². The number of Topliss-reactive ketones (excluding diaryl/α,β-unsaturated/α-hetero) is 1. The zero-order chi connectivity index (χ0) is 21.0. The van der Waals surface area contributed by atoms with Crippen LogP contribution in [0.3, 0.4) is 0 Å². The van der Waals surface area contributed by atoms with Gasteiger partial charge in [-0.1, -0.05) is 11.6 Å². The molecule has 7 nitrogen and oxygen atoms in total. The number of hydrogen-bond donors (Lipinski definition) is 1. The number of carbonyl (C=O) groups is 1. The molecule has 0 saturated heterocycles. The lowest BCUT2D eigenvalue weighted by atomic mass is 9.77. The molecule has 2 aromatic rings. The van der Waals surface area contributed by atoms with E-state index in [1.165, 1.54) is 0 Å². The van der Waals surface area contributed by atoms with Crippen molar-refractivity contribution in [2.24, 2.45) is 0 Å². The molecule has 3 aliphatic rings. The third-order valence-electron chi connectivity index (χ3n) is 5.74. The van der Waals surface area contributed by atoms with E-state index in [1.54, 1.807) is 31.4 Å². The van der Waals surface area contributed by atoms with Gasteiger partial charge in [0.05, 0.1) is 12.7 Å². The first kappa shape index (κ1) is 18.8. The molecule has 3 heterocycles. The summed E-state index contributed by atoms with van der Waals surface area (Å²) in [6, 6.07) is 6.61. The molecule has 7 heteroatoms. The number of ketones is 1. The van der Waals surface area contributed by atoms with E-state index in [9.17, 15) is 9.90 Å². The highest BCUT2D eigenvalue weighted by Crippen LogP contribution is 2.51. The number of methoxy groups -OCH3 is 1. The topological polar surface area (TPSA) is 83.5 Å². The fourth-order valence-corrected chi connectivity index (χ4v) is 4.15. The lowest BCUT2D eigenvalue weighted by Gasteiger charge is -2.43. The maximum atomic E-state index is 13.6. The minimum atomic E-state index is -1.88. The van der Waals surface area contributed by atoms with Gasteiger partial charge in [-0.2, -0.15) is 0 Å². The summed E-state index contributed by atoms with van der Waals surface area (Å²) < 4.78 is 28.4. The number of ether oxygens (including phenoxy) is 5. The number of aliphatic hydroxyl groups is 1. The van der Waals surface area contributed by atoms with Crippen LogP contribution in [-0.4, -0.2) is 37.5 Å². The normalized spacial score (nSPS) is 22.8. The van der Waals surface area contributed by atoms with Crippen LogP contribution in [0.5, 0.6) is 28.7 Å². The van der Waals surface area contributed by atoms with Crippen LogP contribution >= 0.6 is 0 Å². The van der Waals surface area contributed by atoms with Crippen molar-refractivity contribution in [2.75, 3.05) is 20.5 Å². The number of fused-ring (bicyclic) bond motifs is 5. The van der Waals surface area contributed by atoms with E-state index < -0.39 is 17.5 Å². The summed E-state index contributed by atoms with van der Waals surface area (Å²) in [6.07, 6.45) is 1.69. The molecule has 0 aliphatic carbocycles. The standard InChI is InChI=1S/C23H22O7/c1-12(2)4-5-13-16(26-3)7-6-14-21(13)30-20-10-27-17-9-19-18(28-11-29-19)8-15(17)23(20,25)22(14)24/h4,6-9,20,25H,5,10-11H2,1-3H3/t20-,23-/m0/s1. The minimum absolute atomic E-state index is 0.0214. The summed E-state index contributed by atoms with van der Waals surface area (Å²) in [5, 5.41) is 11.6. The van der Waals surface area contributed by atoms with Gasteiger partial charge in [-0.15, -0.1) is 0 Å². The number of rotatable bonds is 3. The van der Waals surface area contributed by atoms with Crippen molar-refractivity contribution in [3.63, 3.8) is 0 Å². The molecule has 3 aliphatic heterocycles. The monoisotopic (exact) mass is 410 g/mol. The molecule has 0 bridgehead atoms. The highest BCUT2D eigenvalue weighted by atomic mass is 16.7. The predicted molar refractivity (Wildman–Crippen MR) is 107 cm³/mol. The SMILES string of the molecule is COc1ccc2c(c1CC=C(C)C)O[C@H]1COc3cc4c(cc3[C@@]1(O)C2=O)OCO4. The zero-order valence-electron chi connectivity index (χ0n) is 17.0. The van der Waals surface area contributed by atoms with Crippen molar-refractivity contribution >= 4 is 5.78 Å². The maximum Gasteiger partial charge on any atom is 0.231 e. The number of hydrogen-bond acceptors (Lipinski definition) is 7. The molecule has 156 valence electrons. The summed E-state index contributed by atoms with van der Waals surface area (Å²) in [6.45, 7) is 4.11. The average molecular weight is 410 g/mol. The minimum Gasteiger partial charge on any atom is -0.496 e. The van der Waals surface area contributed by atoms with Gasteiger partial charge in [-0.05, 0) is 38.5 Å². The Balaban J connectivity index is 1.65. The third kappa shape index (κ3) is 2.58. The van der Waals surface area contributed by atoms with Crippen molar-refractivity contribution < 1.29 is 33.6 Å². The fourth-order valence-electron chi connectivity index (χ4n) is 4.15. The van der Waals surface area contributed by atoms with Crippen LogP contribution in [0.15, 0.2) is 35.9 Å². The van der Waals surface area contributed by atoms with Crippen molar-refractivity contribution in [1.29, 1.82) is 0 Å². The number of carbonyl (C=O) groups excluding carboxylic acids is 1. The van der Waals surface area contributed by atoms with Gasteiger partial charge in [0.1, 0.15) is 23.9 Å². The van der Waals surface area contributed by atoms with E-state index in [0.717, 1.165) is 11.1 Å². The van der Waals surface area contributed by atoms with Gasteiger partial charge in [-0.25, -0.2) is 0 Å². The van der Waals surface area contributed by atoms with Gasteiger partial charge in [-0.3, -0.25) is 4.79 Å². The summed E-state index contributed by atoms with van der Waals surface area (Å²) in [4.78, 5) is 13.6. The third-order valence-corrected chi connectivity index (χ3v) is 5.74. The van der Waals surface area contributed by atoms with Crippen LogP contribution in [0.2, 0.25) is 0 Å². The Kier molecular flexibility index (Phi) is 4.18. The van der Waals surface area contributed by atoms with Gasteiger partial charge >= 0.3 is 0 Å². The smallest absolute Gasteiger partial charge is 0.231 e. The van der Waals surface area contributed by atoms with E-state index in [1.807, 2.05) is 19.9 Å². The van der Waals surface area contributed by atoms with Crippen molar-refractivity contribution in [3.8, 4) is 28.7 Å². The first-order chi connectivity index (χ1) is 14.4. The molecule has 1 N–H and O–H groups in total. The molecule has 2 aromatic carbocycles. The molecule has 0 radical (unpaired) electrons. The Morgan fingerprint density at radius 3 is 2.70 bits per heavy atom. The molecule has 2 atom stereocenters. The summed E-state index contributed by atoms with van der Waals surface area (Å²) in [5.74, 6) is 2.00. The summed E-state index contributed by atoms with van der Waals surface area (Å²) in [5.41, 5.74) is 0.657. The number of benzene rings is 2. The van der Waals surface area contributed by atoms with Gasteiger partial charge in [0, 0.05) is 17.2 Å². The second-order valence-electron chi connectivity index (χ2n) is 7.82. The van der Waals surface area contributed by atoms with Crippen LogP contribution in [0.25, 0.3) is 0 Å². The average Bonchev–Trinajstić information content (AvgIpc) is 3.19. The van der Waals surface area contributed by atoms with Crippen molar-refractivity contribution in [1.82, 2.24) is 0 Å². The second-order valence-corrected chi connectivity index (χ2v) is 7.82. The maximum absolute atomic E-state index is 13.6. The van der Waals surface area contributed by atoms with Gasteiger partial charge in [0.25, 0.3) is 0 Å². The summed E-state index contributed by atoms with van der Waals surface area (Å²) >= 11 is 0. The predicted octanol–water partition coefficient (Wildman–Crippen LogP) is 3.16. The molecule has 0 spiro atoms. The van der Waals surface area contributed by atoms with Crippen LogP contribution in [0.4, 0.5) is 0 Å². The van der Waals surface area contributed by atoms with E-state index in [2.05, 4.69) is 0 Å². The van der Waals surface area contributed by atoms with Crippen LogP contribution in [0, 0.1) is 0 Å². The Morgan fingerprint density at radius 2 is 1.97 bits per heavy atom. The highest BCUT2D eigenvalue weighted by molar-refractivity contribution is 6.07. The molecule has 0 unspecified atom stereocenters. The van der Waals surface area contributed by atoms with E-state index in [-0.39, 0.29) is 13.4 Å². The second kappa shape index (κ2) is 6.67. The molecule has 0 saturated carbocycles. The molecular weight excluding hydrogens is 388 g/mol. The number of allylic oxidation sites excluding steroid dienone is 2. The molecule has 30 heavy (non-hydrogen) atoms. The Labute approximate surface area is 173 Å².